The lowest BCUT2D eigenvalue weighted by Crippen LogP contribution is -1.95. The Balaban J connectivity index is 2.23. The number of nitrogens with zero attached hydrogens (tertiary/aromatic N) is 1. The van der Waals surface area contributed by atoms with Crippen LogP contribution in [0.3, 0.4) is 0 Å². The number of para-hydroxylation sites is 2. The molecule has 0 fully saturated rings. The Labute approximate surface area is 103 Å². The van der Waals surface area contributed by atoms with Gasteiger partial charge in [0.25, 0.3) is 0 Å². The molecule has 0 amide bonds. The van der Waals surface area contributed by atoms with Crippen LogP contribution in [0.25, 0.3) is 0 Å². The molecule has 1 heterocycles. The standard InChI is InChI=1S/C12H11BrN2O/c1-16-11-5-3-2-4-10(11)15-12-7-6-9(13)8-14-12/h2-8H,1H3,(H,14,15). The second-order valence-electron chi connectivity index (χ2n) is 3.19. The Kier molecular flexibility index (Phi) is 3.41. The van der Waals surface area contributed by atoms with Crippen LogP contribution < -0.4 is 10.1 Å². The molecule has 1 N–H and O–H groups in total. The summed E-state index contributed by atoms with van der Waals surface area (Å²) in [6.45, 7) is 0. The van der Waals surface area contributed by atoms with Crippen LogP contribution in [-0.2, 0) is 0 Å². The molecule has 16 heavy (non-hydrogen) atoms. The van der Waals surface area contributed by atoms with E-state index in [9.17, 15) is 0 Å². The maximum atomic E-state index is 5.24. The van der Waals surface area contributed by atoms with E-state index in [0.717, 1.165) is 21.7 Å². The molecule has 0 radical (unpaired) electrons. The lowest BCUT2D eigenvalue weighted by Gasteiger charge is -2.09. The number of aromatic nitrogens is 1. The van der Waals surface area contributed by atoms with Crippen molar-refractivity contribution in [3.05, 3.63) is 47.1 Å². The number of hydrogen-bond donors (Lipinski definition) is 1. The molecule has 0 saturated carbocycles. The van der Waals surface area contributed by atoms with Crippen LogP contribution in [0.4, 0.5) is 11.5 Å². The van der Waals surface area contributed by atoms with Crippen molar-refractivity contribution in [3.8, 4) is 5.75 Å². The van der Waals surface area contributed by atoms with Crippen LogP contribution in [0.15, 0.2) is 47.1 Å². The molecule has 0 atom stereocenters. The SMILES string of the molecule is COc1ccccc1Nc1ccc(Br)cn1. The zero-order valence-corrected chi connectivity index (χ0v) is 10.4. The fourth-order valence-electron chi connectivity index (χ4n) is 1.34. The van der Waals surface area contributed by atoms with Crippen LogP contribution in [-0.4, -0.2) is 12.1 Å². The molecular weight excluding hydrogens is 268 g/mol. The van der Waals surface area contributed by atoms with Gasteiger partial charge in [-0.1, -0.05) is 12.1 Å². The van der Waals surface area contributed by atoms with Gasteiger partial charge in [-0.15, -0.1) is 0 Å². The fourth-order valence-corrected chi connectivity index (χ4v) is 1.57. The highest BCUT2D eigenvalue weighted by molar-refractivity contribution is 9.10. The van der Waals surface area contributed by atoms with E-state index in [1.165, 1.54) is 0 Å². The van der Waals surface area contributed by atoms with E-state index in [2.05, 4.69) is 26.2 Å². The maximum Gasteiger partial charge on any atom is 0.142 e. The molecule has 0 saturated heterocycles. The molecule has 82 valence electrons. The van der Waals surface area contributed by atoms with Crippen molar-refractivity contribution in [1.82, 2.24) is 4.98 Å². The lowest BCUT2D eigenvalue weighted by atomic mass is 10.3. The molecule has 0 unspecified atom stereocenters. The second-order valence-corrected chi connectivity index (χ2v) is 4.10. The molecule has 2 aromatic rings. The lowest BCUT2D eigenvalue weighted by molar-refractivity contribution is 0.417. The van der Waals surface area contributed by atoms with Gasteiger partial charge in [0, 0.05) is 10.7 Å². The second kappa shape index (κ2) is 4.99. The summed E-state index contributed by atoms with van der Waals surface area (Å²) in [5, 5.41) is 3.19. The molecule has 1 aromatic carbocycles. The summed E-state index contributed by atoms with van der Waals surface area (Å²) in [5.74, 6) is 1.58. The van der Waals surface area contributed by atoms with Gasteiger partial charge in [-0.25, -0.2) is 4.98 Å². The maximum absolute atomic E-state index is 5.24. The number of benzene rings is 1. The number of nitrogens with one attached hydrogen (secondary N) is 1. The first-order valence-electron chi connectivity index (χ1n) is 4.81. The monoisotopic (exact) mass is 278 g/mol. The minimum Gasteiger partial charge on any atom is -0.495 e. The predicted molar refractivity (Wildman–Crippen MR) is 68.2 cm³/mol. The molecular formula is C12H11BrN2O. The molecule has 0 spiro atoms. The van der Waals surface area contributed by atoms with Gasteiger partial charge >= 0.3 is 0 Å². The van der Waals surface area contributed by atoms with Gasteiger partial charge in [-0.2, -0.15) is 0 Å². The minimum atomic E-state index is 0.785. The van der Waals surface area contributed by atoms with Crippen molar-refractivity contribution in [3.63, 3.8) is 0 Å². The van der Waals surface area contributed by atoms with E-state index in [0.29, 0.717) is 0 Å². The van der Waals surface area contributed by atoms with Gasteiger partial charge in [0.05, 0.1) is 12.8 Å². The number of ether oxygens (including phenoxy) is 1. The van der Waals surface area contributed by atoms with E-state index in [1.807, 2.05) is 36.4 Å². The zero-order valence-electron chi connectivity index (χ0n) is 8.77. The summed E-state index contributed by atoms with van der Waals surface area (Å²) in [4.78, 5) is 4.24. The fraction of sp³-hybridized carbons (Fsp3) is 0.0833. The van der Waals surface area contributed by atoms with Gasteiger partial charge in [-0.05, 0) is 40.2 Å². The number of anilines is 2. The van der Waals surface area contributed by atoms with Crippen molar-refractivity contribution in [1.29, 1.82) is 0 Å². The molecule has 0 aliphatic rings. The van der Waals surface area contributed by atoms with E-state index < -0.39 is 0 Å². The van der Waals surface area contributed by atoms with Crippen LogP contribution in [0.5, 0.6) is 5.75 Å². The van der Waals surface area contributed by atoms with Crippen molar-refractivity contribution >= 4 is 27.4 Å². The largest absolute Gasteiger partial charge is 0.495 e. The summed E-state index contributed by atoms with van der Waals surface area (Å²) >= 11 is 3.34. The van der Waals surface area contributed by atoms with Crippen LogP contribution in [0.2, 0.25) is 0 Å². The van der Waals surface area contributed by atoms with Gasteiger partial charge < -0.3 is 10.1 Å². The Morgan fingerprint density at radius 2 is 2.00 bits per heavy atom. The minimum absolute atomic E-state index is 0.785. The van der Waals surface area contributed by atoms with E-state index in [-0.39, 0.29) is 0 Å². The molecule has 1 aromatic heterocycles. The highest BCUT2D eigenvalue weighted by atomic mass is 79.9. The highest BCUT2D eigenvalue weighted by Crippen LogP contribution is 2.26. The van der Waals surface area contributed by atoms with Crippen LogP contribution in [0.1, 0.15) is 0 Å². The smallest absolute Gasteiger partial charge is 0.142 e. The molecule has 4 heteroatoms. The summed E-state index contributed by atoms with van der Waals surface area (Å²) in [6.07, 6.45) is 1.75. The van der Waals surface area contributed by atoms with Crippen molar-refractivity contribution < 1.29 is 4.74 Å². The van der Waals surface area contributed by atoms with Crippen molar-refractivity contribution in [2.45, 2.75) is 0 Å². The van der Waals surface area contributed by atoms with Crippen LogP contribution >= 0.6 is 15.9 Å². The van der Waals surface area contributed by atoms with Gasteiger partial charge in [0.1, 0.15) is 11.6 Å². The number of hydrogen-bond acceptors (Lipinski definition) is 3. The molecule has 0 aliphatic carbocycles. The average Bonchev–Trinajstić information content (AvgIpc) is 2.33. The number of rotatable bonds is 3. The number of halogens is 1. The van der Waals surface area contributed by atoms with E-state index >= 15 is 0 Å². The Morgan fingerprint density at radius 3 is 2.69 bits per heavy atom. The Hall–Kier alpha value is -1.55. The first kappa shape index (κ1) is 11.0. The third-order valence-corrected chi connectivity index (χ3v) is 2.57. The summed E-state index contributed by atoms with van der Waals surface area (Å²) < 4.78 is 6.20. The van der Waals surface area contributed by atoms with Crippen molar-refractivity contribution in [2.24, 2.45) is 0 Å². The first-order chi connectivity index (χ1) is 7.79. The summed E-state index contributed by atoms with van der Waals surface area (Å²) in [5.41, 5.74) is 0.903. The van der Waals surface area contributed by atoms with Gasteiger partial charge in [-0.3, -0.25) is 0 Å². The zero-order chi connectivity index (χ0) is 11.4. The summed E-state index contributed by atoms with van der Waals surface area (Å²) in [7, 11) is 1.65. The molecule has 2 rings (SSSR count). The topological polar surface area (TPSA) is 34.1 Å². The molecule has 3 nitrogen and oxygen atoms in total. The van der Waals surface area contributed by atoms with Gasteiger partial charge in [0.2, 0.25) is 0 Å². The van der Waals surface area contributed by atoms with E-state index in [4.69, 9.17) is 4.74 Å². The Bertz CT molecular complexity index is 471. The highest BCUT2D eigenvalue weighted by Gasteiger charge is 2.01. The predicted octanol–water partition coefficient (Wildman–Crippen LogP) is 3.60. The average molecular weight is 279 g/mol. The first-order valence-corrected chi connectivity index (χ1v) is 5.60. The third kappa shape index (κ3) is 2.52. The normalized spacial score (nSPS) is 9.88. The molecule has 0 aliphatic heterocycles. The number of pyridine rings is 1. The van der Waals surface area contributed by atoms with Gasteiger partial charge in [0.15, 0.2) is 0 Å². The molecule has 0 bridgehead atoms. The third-order valence-electron chi connectivity index (χ3n) is 2.10. The Morgan fingerprint density at radius 1 is 1.19 bits per heavy atom. The van der Waals surface area contributed by atoms with E-state index in [1.54, 1.807) is 13.3 Å². The van der Waals surface area contributed by atoms with Crippen molar-refractivity contribution in [2.75, 3.05) is 12.4 Å². The van der Waals surface area contributed by atoms with Crippen LogP contribution in [0, 0.1) is 0 Å². The quantitative estimate of drug-likeness (QED) is 0.932. The summed E-state index contributed by atoms with van der Waals surface area (Å²) in [6, 6.07) is 11.6. The number of methoxy groups -OCH3 is 1.